The summed E-state index contributed by atoms with van der Waals surface area (Å²) in [6.45, 7) is 3.28. The number of thioether (sulfide) groups is 1. The van der Waals surface area contributed by atoms with Crippen molar-refractivity contribution in [3.63, 3.8) is 0 Å². The molecule has 6 nitrogen and oxygen atoms in total. The van der Waals surface area contributed by atoms with Crippen molar-refractivity contribution in [1.29, 1.82) is 0 Å². The zero-order chi connectivity index (χ0) is 18.6. The summed E-state index contributed by atoms with van der Waals surface area (Å²) in [5.41, 5.74) is 1.95. The monoisotopic (exact) mass is 382 g/mol. The molecule has 1 saturated heterocycles. The number of fused-ring (bicyclic) bond motifs is 1. The maximum Gasteiger partial charge on any atom is 0.233 e. The number of nitrogens with one attached hydrogen (secondary N) is 1. The van der Waals surface area contributed by atoms with Crippen LogP contribution in [-0.4, -0.2) is 50.9 Å². The van der Waals surface area contributed by atoms with Gasteiger partial charge in [0.15, 0.2) is 0 Å². The van der Waals surface area contributed by atoms with Crippen molar-refractivity contribution in [3.8, 4) is 5.88 Å². The van der Waals surface area contributed by atoms with Gasteiger partial charge in [-0.05, 0) is 31.9 Å². The molecule has 1 atom stereocenters. The zero-order valence-electron chi connectivity index (χ0n) is 15.2. The lowest BCUT2D eigenvalue weighted by molar-refractivity contribution is -0.130. The van der Waals surface area contributed by atoms with Crippen LogP contribution >= 0.6 is 11.8 Å². The molecule has 1 fully saturated rings. The molecule has 0 saturated carbocycles. The molecule has 1 aliphatic heterocycles. The number of rotatable bonds is 5. The number of benzene rings is 1. The predicted octanol–water partition coefficient (Wildman–Crippen LogP) is 3.43. The van der Waals surface area contributed by atoms with E-state index in [9.17, 15) is 4.79 Å². The van der Waals surface area contributed by atoms with E-state index in [2.05, 4.69) is 21.2 Å². The summed E-state index contributed by atoms with van der Waals surface area (Å²) in [5.74, 6) is 1.10. The fourth-order valence-corrected chi connectivity index (χ4v) is 4.21. The lowest BCUT2D eigenvalue weighted by Gasteiger charge is -2.32. The summed E-state index contributed by atoms with van der Waals surface area (Å²) in [7, 11) is 0. The Labute approximate surface area is 162 Å². The molecule has 1 N–H and O–H groups in total. The van der Waals surface area contributed by atoms with Crippen molar-refractivity contribution in [1.82, 2.24) is 20.1 Å². The minimum Gasteiger partial charge on any atom is -0.471 e. The van der Waals surface area contributed by atoms with Gasteiger partial charge >= 0.3 is 0 Å². The number of hydrogen-bond acceptors (Lipinski definition) is 5. The van der Waals surface area contributed by atoms with E-state index in [0.29, 0.717) is 18.2 Å². The highest BCUT2D eigenvalue weighted by molar-refractivity contribution is 8.00. The Balaban J connectivity index is 1.33. The Morgan fingerprint density at radius 2 is 2.19 bits per heavy atom. The highest BCUT2D eigenvalue weighted by atomic mass is 32.2. The first-order chi connectivity index (χ1) is 13.2. The SMILES string of the molecule is Cc1ccc(OC2CCCN(C(=O)CSc3c[nH]c4ccccc34)C2)nn1. The molecule has 0 aliphatic carbocycles. The van der Waals surface area contributed by atoms with Crippen LogP contribution in [0, 0.1) is 6.92 Å². The van der Waals surface area contributed by atoms with Gasteiger partial charge in [0, 0.05) is 34.6 Å². The highest BCUT2D eigenvalue weighted by Gasteiger charge is 2.25. The first kappa shape index (κ1) is 17.9. The molecule has 27 heavy (non-hydrogen) atoms. The standard InChI is InChI=1S/C20H22N4O2S/c1-14-8-9-19(23-22-14)26-15-5-4-10-24(12-15)20(25)13-27-18-11-21-17-7-3-2-6-16(17)18/h2-3,6-9,11,15,21H,4-5,10,12-13H2,1H3. The number of para-hydroxylation sites is 1. The molecule has 3 heterocycles. The topological polar surface area (TPSA) is 71.1 Å². The van der Waals surface area contributed by atoms with Crippen molar-refractivity contribution < 1.29 is 9.53 Å². The van der Waals surface area contributed by atoms with Crippen molar-refractivity contribution >= 4 is 28.6 Å². The van der Waals surface area contributed by atoms with E-state index in [1.165, 1.54) is 0 Å². The number of nitrogens with zero attached hydrogens (tertiary/aromatic N) is 3. The number of aryl methyl sites for hydroxylation is 1. The Morgan fingerprint density at radius 1 is 1.30 bits per heavy atom. The highest BCUT2D eigenvalue weighted by Crippen LogP contribution is 2.28. The van der Waals surface area contributed by atoms with Gasteiger partial charge in [0.1, 0.15) is 6.10 Å². The maximum absolute atomic E-state index is 12.7. The van der Waals surface area contributed by atoms with Crippen molar-refractivity contribution in [3.05, 3.63) is 48.3 Å². The Hall–Kier alpha value is -2.54. The molecular formula is C20H22N4O2S. The third-order valence-electron chi connectivity index (χ3n) is 4.69. The quantitative estimate of drug-likeness (QED) is 0.685. The molecule has 1 aromatic carbocycles. The van der Waals surface area contributed by atoms with Crippen molar-refractivity contribution in [2.45, 2.75) is 30.8 Å². The van der Waals surface area contributed by atoms with Crippen LogP contribution in [0.5, 0.6) is 5.88 Å². The minimum atomic E-state index is -0.0298. The number of aromatic nitrogens is 3. The van der Waals surface area contributed by atoms with Crippen molar-refractivity contribution in [2.75, 3.05) is 18.8 Å². The first-order valence-electron chi connectivity index (χ1n) is 9.13. The number of likely N-dealkylation sites (tertiary alicyclic amines) is 1. The van der Waals surface area contributed by atoms with Gasteiger partial charge in [0.25, 0.3) is 0 Å². The van der Waals surface area contributed by atoms with Crippen LogP contribution in [0.25, 0.3) is 10.9 Å². The number of carbonyl (C=O) groups excluding carboxylic acids is 1. The van der Waals surface area contributed by atoms with Crippen LogP contribution in [0.3, 0.4) is 0 Å². The van der Waals surface area contributed by atoms with E-state index >= 15 is 0 Å². The lowest BCUT2D eigenvalue weighted by Crippen LogP contribution is -2.45. The van der Waals surface area contributed by atoms with Gasteiger partial charge in [-0.1, -0.05) is 18.2 Å². The molecule has 4 rings (SSSR count). The summed E-state index contributed by atoms with van der Waals surface area (Å²) in [6.07, 6.45) is 3.81. The number of aromatic amines is 1. The third kappa shape index (κ3) is 4.24. The molecule has 0 bridgehead atoms. The Kier molecular flexibility index (Phi) is 5.29. The molecule has 0 radical (unpaired) electrons. The number of piperidine rings is 1. The Bertz CT molecular complexity index is 925. The molecular weight excluding hydrogens is 360 g/mol. The molecule has 0 spiro atoms. The minimum absolute atomic E-state index is 0.0298. The summed E-state index contributed by atoms with van der Waals surface area (Å²) in [6, 6.07) is 11.9. The average Bonchev–Trinajstić information content (AvgIpc) is 3.11. The number of carbonyl (C=O) groups is 1. The van der Waals surface area contributed by atoms with E-state index < -0.39 is 0 Å². The van der Waals surface area contributed by atoms with Crippen LogP contribution in [-0.2, 0) is 4.79 Å². The zero-order valence-corrected chi connectivity index (χ0v) is 16.0. The van der Waals surface area contributed by atoms with Crippen LogP contribution < -0.4 is 4.74 Å². The molecule has 1 aliphatic rings. The predicted molar refractivity (Wildman–Crippen MR) is 106 cm³/mol. The first-order valence-corrected chi connectivity index (χ1v) is 10.1. The van der Waals surface area contributed by atoms with Gasteiger partial charge in [-0.25, -0.2) is 0 Å². The van der Waals surface area contributed by atoms with Gasteiger partial charge in [-0.2, -0.15) is 5.10 Å². The van der Waals surface area contributed by atoms with E-state index in [1.807, 2.05) is 48.4 Å². The third-order valence-corrected chi connectivity index (χ3v) is 5.73. The fourth-order valence-electron chi connectivity index (χ4n) is 3.28. The van der Waals surface area contributed by atoms with Crippen molar-refractivity contribution in [2.24, 2.45) is 0 Å². The second kappa shape index (κ2) is 8.00. The summed E-state index contributed by atoms with van der Waals surface area (Å²) in [5, 5.41) is 9.24. The van der Waals surface area contributed by atoms with Crippen LogP contribution in [0.1, 0.15) is 18.5 Å². The summed E-state index contributed by atoms with van der Waals surface area (Å²) in [4.78, 5) is 18.9. The van der Waals surface area contributed by atoms with Crippen LogP contribution in [0.2, 0.25) is 0 Å². The second-order valence-corrected chi connectivity index (χ2v) is 7.74. The van der Waals surface area contributed by atoms with E-state index in [4.69, 9.17) is 4.74 Å². The molecule has 7 heteroatoms. The number of ether oxygens (including phenoxy) is 1. The van der Waals surface area contributed by atoms with Gasteiger partial charge in [-0.3, -0.25) is 4.79 Å². The van der Waals surface area contributed by atoms with Crippen LogP contribution in [0.4, 0.5) is 0 Å². The lowest BCUT2D eigenvalue weighted by atomic mass is 10.1. The normalized spacial score (nSPS) is 17.2. The van der Waals surface area contributed by atoms with Gasteiger partial charge in [0.05, 0.1) is 18.0 Å². The fraction of sp³-hybridized carbons (Fsp3) is 0.350. The number of amides is 1. The molecule has 3 aromatic rings. The summed E-state index contributed by atoms with van der Waals surface area (Å²) >= 11 is 1.58. The molecule has 140 valence electrons. The van der Waals surface area contributed by atoms with Crippen LogP contribution in [0.15, 0.2) is 47.5 Å². The maximum atomic E-state index is 12.7. The van der Waals surface area contributed by atoms with E-state index in [0.717, 1.165) is 40.9 Å². The van der Waals surface area contributed by atoms with Gasteiger partial charge in [0.2, 0.25) is 11.8 Å². The molecule has 1 unspecified atom stereocenters. The number of H-pyrrole nitrogens is 1. The van der Waals surface area contributed by atoms with E-state index in [-0.39, 0.29) is 12.0 Å². The summed E-state index contributed by atoms with van der Waals surface area (Å²) < 4.78 is 5.92. The smallest absolute Gasteiger partial charge is 0.233 e. The molecule has 1 amide bonds. The van der Waals surface area contributed by atoms with Gasteiger partial charge < -0.3 is 14.6 Å². The second-order valence-electron chi connectivity index (χ2n) is 6.72. The largest absolute Gasteiger partial charge is 0.471 e. The van der Waals surface area contributed by atoms with Gasteiger partial charge in [-0.15, -0.1) is 16.9 Å². The number of hydrogen-bond donors (Lipinski definition) is 1. The molecule has 2 aromatic heterocycles. The Morgan fingerprint density at radius 3 is 3.04 bits per heavy atom. The average molecular weight is 382 g/mol. The van der Waals surface area contributed by atoms with E-state index in [1.54, 1.807) is 11.8 Å².